The molecule has 2 aliphatic heterocycles. The van der Waals surface area contributed by atoms with E-state index in [9.17, 15) is 4.79 Å². The van der Waals surface area contributed by atoms with Gasteiger partial charge in [-0.15, -0.1) is 0 Å². The van der Waals surface area contributed by atoms with E-state index in [4.69, 9.17) is 4.42 Å². The summed E-state index contributed by atoms with van der Waals surface area (Å²) in [5.41, 5.74) is 7.28. The van der Waals surface area contributed by atoms with E-state index in [0.717, 1.165) is 26.1 Å². The molecule has 0 radical (unpaired) electrons. The lowest BCUT2D eigenvalue weighted by Gasteiger charge is -2.26. The zero-order chi connectivity index (χ0) is 18.9. The summed E-state index contributed by atoms with van der Waals surface area (Å²) in [5.74, 6) is 0.0352. The first-order chi connectivity index (χ1) is 13.8. The van der Waals surface area contributed by atoms with E-state index in [-0.39, 0.29) is 5.91 Å². The predicted octanol–water partition coefficient (Wildman–Crippen LogP) is 4.73. The maximum absolute atomic E-state index is 12.4. The minimum atomic E-state index is 0.0352. The molecule has 0 bridgehead atoms. The molecule has 0 saturated carbocycles. The van der Waals surface area contributed by atoms with Crippen LogP contribution in [0.2, 0.25) is 0 Å². The zero-order valence-electron chi connectivity index (χ0n) is 15.7. The molecule has 28 heavy (non-hydrogen) atoms. The molecule has 0 spiro atoms. The lowest BCUT2D eigenvalue weighted by molar-refractivity contribution is 0.0772. The van der Waals surface area contributed by atoms with E-state index in [1.807, 2.05) is 4.90 Å². The first-order valence-corrected chi connectivity index (χ1v) is 9.70. The monoisotopic (exact) mass is 370 g/mol. The van der Waals surface area contributed by atoms with E-state index in [1.54, 1.807) is 12.3 Å². The van der Waals surface area contributed by atoms with Crippen molar-refractivity contribution < 1.29 is 9.21 Å². The highest BCUT2D eigenvalue weighted by Crippen LogP contribution is 2.30. The SMILES string of the molecule is O=C(c1ccoc1)N1CC=C(c2ccc(N3Cc4ccccc4C3)cc2)CC1. The van der Waals surface area contributed by atoms with Crippen LogP contribution >= 0.6 is 0 Å². The van der Waals surface area contributed by atoms with Crippen LogP contribution in [0, 0.1) is 0 Å². The lowest BCUT2D eigenvalue weighted by Crippen LogP contribution is -2.34. The van der Waals surface area contributed by atoms with E-state index in [0.29, 0.717) is 12.1 Å². The van der Waals surface area contributed by atoms with Gasteiger partial charge in [-0.25, -0.2) is 0 Å². The topological polar surface area (TPSA) is 36.7 Å². The van der Waals surface area contributed by atoms with Crippen LogP contribution in [0.3, 0.4) is 0 Å². The Morgan fingerprint density at radius 2 is 1.68 bits per heavy atom. The number of carbonyl (C=O) groups is 1. The number of benzene rings is 2. The number of hydrogen-bond acceptors (Lipinski definition) is 3. The Kier molecular flexibility index (Phi) is 4.24. The molecule has 0 unspecified atom stereocenters. The lowest BCUT2D eigenvalue weighted by atomic mass is 9.99. The second-order valence-electron chi connectivity index (χ2n) is 7.41. The Morgan fingerprint density at radius 3 is 2.29 bits per heavy atom. The van der Waals surface area contributed by atoms with Gasteiger partial charge in [0.2, 0.25) is 0 Å². The second-order valence-corrected chi connectivity index (χ2v) is 7.41. The van der Waals surface area contributed by atoms with Gasteiger partial charge < -0.3 is 14.2 Å². The van der Waals surface area contributed by atoms with Gasteiger partial charge in [-0.2, -0.15) is 0 Å². The highest BCUT2D eigenvalue weighted by atomic mass is 16.3. The normalized spacial score (nSPS) is 16.1. The molecular formula is C24H22N2O2. The molecule has 2 aromatic carbocycles. The molecule has 140 valence electrons. The number of carbonyl (C=O) groups excluding carboxylic acids is 1. The molecule has 0 saturated heterocycles. The smallest absolute Gasteiger partial charge is 0.257 e. The molecule has 1 amide bonds. The summed E-state index contributed by atoms with van der Waals surface area (Å²) in [4.78, 5) is 16.7. The molecular weight excluding hydrogens is 348 g/mol. The third-order valence-electron chi connectivity index (χ3n) is 5.71. The van der Waals surface area contributed by atoms with Crippen molar-refractivity contribution in [3.05, 3.63) is 95.5 Å². The van der Waals surface area contributed by atoms with Gasteiger partial charge in [-0.1, -0.05) is 42.5 Å². The fraction of sp³-hybridized carbons (Fsp3) is 0.208. The molecule has 5 rings (SSSR count). The Balaban J connectivity index is 1.26. The highest BCUT2D eigenvalue weighted by molar-refractivity contribution is 5.94. The quantitative estimate of drug-likeness (QED) is 0.669. The van der Waals surface area contributed by atoms with Gasteiger partial charge in [0.25, 0.3) is 5.91 Å². The van der Waals surface area contributed by atoms with Crippen molar-refractivity contribution in [3.63, 3.8) is 0 Å². The molecule has 0 atom stereocenters. The summed E-state index contributed by atoms with van der Waals surface area (Å²) in [6, 6.07) is 19.2. The summed E-state index contributed by atoms with van der Waals surface area (Å²) in [7, 11) is 0. The van der Waals surface area contributed by atoms with Crippen LogP contribution in [-0.4, -0.2) is 23.9 Å². The van der Waals surface area contributed by atoms with Crippen LogP contribution < -0.4 is 4.90 Å². The van der Waals surface area contributed by atoms with Crippen LogP contribution in [0.5, 0.6) is 0 Å². The molecule has 2 aliphatic rings. The Morgan fingerprint density at radius 1 is 0.929 bits per heavy atom. The van der Waals surface area contributed by atoms with Crippen LogP contribution in [0.25, 0.3) is 5.57 Å². The zero-order valence-corrected chi connectivity index (χ0v) is 15.7. The van der Waals surface area contributed by atoms with Crippen molar-refractivity contribution in [2.75, 3.05) is 18.0 Å². The van der Waals surface area contributed by atoms with Crippen LogP contribution in [-0.2, 0) is 13.1 Å². The molecule has 1 aromatic heterocycles. The van der Waals surface area contributed by atoms with Crippen molar-refractivity contribution in [1.29, 1.82) is 0 Å². The molecule has 3 aromatic rings. The van der Waals surface area contributed by atoms with Crippen molar-refractivity contribution in [2.24, 2.45) is 0 Å². The maximum Gasteiger partial charge on any atom is 0.257 e. The number of hydrogen-bond donors (Lipinski definition) is 0. The van der Waals surface area contributed by atoms with Crippen LogP contribution in [0.1, 0.15) is 33.5 Å². The largest absolute Gasteiger partial charge is 0.472 e. The predicted molar refractivity (Wildman–Crippen MR) is 110 cm³/mol. The third kappa shape index (κ3) is 3.11. The number of furan rings is 1. The Labute approximate surface area is 164 Å². The molecule has 0 fully saturated rings. The first-order valence-electron chi connectivity index (χ1n) is 9.70. The van der Waals surface area contributed by atoms with Crippen LogP contribution in [0.15, 0.2) is 77.6 Å². The van der Waals surface area contributed by atoms with Gasteiger partial charge in [0, 0.05) is 31.9 Å². The second kappa shape index (κ2) is 7.04. The molecule has 4 nitrogen and oxygen atoms in total. The number of amides is 1. The first kappa shape index (κ1) is 16.9. The number of anilines is 1. The summed E-state index contributed by atoms with van der Waals surface area (Å²) in [6.45, 7) is 3.33. The fourth-order valence-corrected chi connectivity index (χ4v) is 4.09. The van der Waals surface area contributed by atoms with E-state index in [2.05, 4.69) is 59.5 Å². The van der Waals surface area contributed by atoms with Gasteiger partial charge >= 0.3 is 0 Å². The third-order valence-corrected chi connectivity index (χ3v) is 5.71. The molecule has 4 heteroatoms. The average molecular weight is 370 g/mol. The summed E-state index contributed by atoms with van der Waals surface area (Å²) >= 11 is 0. The standard InChI is InChI=1S/C24H22N2O2/c27-24(22-11-14-28-17-22)25-12-9-19(10-13-25)18-5-7-23(8-6-18)26-15-20-3-1-2-4-21(20)16-26/h1-9,11,14,17H,10,12-13,15-16H2. The van der Waals surface area contributed by atoms with E-state index in [1.165, 1.54) is 34.2 Å². The highest BCUT2D eigenvalue weighted by Gasteiger charge is 2.21. The van der Waals surface area contributed by atoms with Crippen molar-refractivity contribution in [2.45, 2.75) is 19.5 Å². The summed E-state index contributed by atoms with van der Waals surface area (Å²) < 4.78 is 5.02. The minimum Gasteiger partial charge on any atom is -0.472 e. The van der Waals surface area contributed by atoms with Crippen LogP contribution in [0.4, 0.5) is 5.69 Å². The summed E-state index contributed by atoms with van der Waals surface area (Å²) in [5, 5.41) is 0. The Hall–Kier alpha value is -3.27. The van der Waals surface area contributed by atoms with E-state index < -0.39 is 0 Å². The van der Waals surface area contributed by atoms with Gasteiger partial charge in [0.1, 0.15) is 6.26 Å². The number of rotatable bonds is 3. The summed E-state index contributed by atoms with van der Waals surface area (Å²) in [6.07, 6.45) is 6.09. The van der Waals surface area contributed by atoms with Crippen molar-refractivity contribution in [1.82, 2.24) is 4.90 Å². The van der Waals surface area contributed by atoms with Gasteiger partial charge in [-0.3, -0.25) is 4.79 Å². The minimum absolute atomic E-state index is 0.0352. The van der Waals surface area contributed by atoms with Gasteiger partial charge in [0.05, 0.1) is 11.8 Å². The van der Waals surface area contributed by atoms with Crippen molar-refractivity contribution >= 4 is 17.2 Å². The number of fused-ring (bicyclic) bond motifs is 1. The molecule has 0 N–H and O–H groups in total. The van der Waals surface area contributed by atoms with E-state index >= 15 is 0 Å². The number of nitrogens with zero attached hydrogens (tertiary/aromatic N) is 2. The average Bonchev–Trinajstić information content (AvgIpc) is 3.43. The maximum atomic E-state index is 12.4. The Bertz CT molecular complexity index is 994. The molecule has 3 heterocycles. The van der Waals surface area contributed by atoms with Gasteiger partial charge in [-0.05, 0) is 46.9 Å². The van der Waals surface area contributed by atoms with Crippen molar-refractivity contribution in [3.8, 4) is 0 Å². The van der Waals surface area contributed by atoms with Gasteiger partial charge in [0.15, 0.2) is 0 Å². The fourth-order valence-electron chi connectivity index (χ4n) is 4.09. The molecule has 0 aliphatic carbocycles.